The van der Waals surface area contributed by atoms with E-state index in [0.717, 1.165) is 49.5 Å². The summed E-state index contributed by atoms with van der Waals surface area (Å²) in [7, 11) is 0. The fourth-order valence-electron chi connectivity index (χ4n) is 6.40. The molecule has 2 aliphatic heterocycles. The Kier molecular flexibility index (Phi) is 10.6. The maximum atomic E-state index is 13.5. The van der Waals surface area contributed by atoms with Crippen LogP contribution in [0.25, 0.3) is 11.2 Å². The first kappa shape index (κ1) is 33.5. The number of carbonyl (C=O) groups excluding carboxylic acids is 2. The fourth-order valence-corrected chi connectivity index (χ4v) is 6.40. The van der Waals surface area contributed by atoms with Crippen molar-refractivity contribution in [3.63, 3.8) is 0 Å². The van der Waals surface area contributed by atoms with Crippen LogP contribution in [-0.4, -0.2) is 104 Å². The molecule has 0 aliphatic carbocycles. The van der Waals surface area contributed by atoms with Gasteiger partial charge in [-0.15, -0.1) is 0 Å². The lowest BCUT2D eigenvalue weighted by Crippen LogP contribution is -2.42. The second-order valence-electron chi connectivity index (χ2n) is 12.6. The minimum atomic E-state index is -1.48. The third-order valence-electron chi connectivity index (χ3n) is 9.21. The Balaban J connectivity index is 1.30. The molecular formula is C35H44N8O5. The normalized spacial score (nSPS) is 21.9. The van der Waals surface area contributed by atoms with Crippen molar-refractivity contribution in [1.29, 1.82) is 0 Å². The van der Waals surface area contributed by atoms with Crippen molar-refractivity contribution in [2.45, 2.75) is 57.1 Å². The molecule has 0 unspecified atom stereocenters. The molecule has 2 amide bonds. The van der Waals surface area contributed by atoms with E-state index in [1.54, 1.807) is 6.92 Å². The molecular weight excluding hydrogens is 612 g/mol. The largest absolute Gasteiger partial charge is 0.387 e. The molecule has 6 rings (SSSR count). The van der Waals surface area contributed by atoms with E-state index in [0.29, 0.717) is 31.0 Å². The predicted molar refractivity (Wildman–Crippen MR) is 180 cm³/mol. The standard InChI is InChI=1S/C35H44N8O5/c1-3-36-33(46)29-27(44)28(45)35(48-29)43-21-39-26-30(38-20-25(23-10-6-4-7-11-23)24-12-8-5-9-13-24)40-31(41-32(26)43)34(47)37-16-19-42-17-14-22(2)15-18-42/h4-13,21-22,25,27-29,35,44-45H,3,14-20H2,1-2H3,(H,36,46)(H,37,47)(H,38,40,41)/t27-,28-,29-,35+/m0/s1. The minimum Gasteiger partial charge on any atom is -0.387 e. The number of likely N-dealkylation sites (N-methyl/N-ethyl adjacent to an activating group) is 1. The highest BCUT2D eigenvalue weighted by Gasteiger charge is 2.47. The Bertz CT molecular complexity index is 1640. The number of ether oxygens (including phenoxy) is 1. The van der Waals surface area contributed by atoms with Crippen LogP contribution in [0.4, 0.5) is 5.82 Å². The number of fused-ring (bicyclic) bond motifs is 1. The monoisotopic (exact) mass is 656 g/mol. The predicted octanol–water partition coefficient (Wildman–Crippen LogP) is 2.29. The zero-order valence-electron chi connectivity index (χ0n) is 27.3. The summed E-state index contributed by atoms with van der Waals surface area (Å²) in [5, 5.41) is 30.7. The van der Waals surface area contributed by atoms with Gasteiger partial charge in [0, 0.05) is 32.1 Å². The van der Waals surface area contributed by atoms with Crippen LogP contribution in [0, 0.1) is 5.92 Å². The molecule has 4 aromatic rings. The van der Waals surface area contributed by atoms with Gasteiger partial charge in [0.1, 0.15) is 12.2 Å². The molecule has 2 fully saturated rings. The number of amides is 2. The molecule has 4 atom stereocenters. The average molecular weight is 657 g/mol. The summed E-state index contributed by atoms with van der Waals surface area (Å²) >= 11 is 0. The highest BCUT2D eigenvalue weighted by atomic mass is 16.6. The van der Waals surface area contributed by atoms with E-state index in [1.807, 2.05) is 36.4 Å². The minimum absolute atomic E-state index is 0.0444. The molecule has 13 heteroatoms. The number of likely N-dealkylation sites (tertiary alicyclic amines) is 1. The van der Waals surface area contributed by atoms with Crippen LogP contribution in [0.2, 0.25) is 0 Å². The number of nitrogens with zero attached hydrogens (tertiary/aromatic N) is 5. The highest BCUT2D eigenvalue weighted by molar-refractivity contribution is 5.94. The van der Waals surface area contributed by atoms with Gasteiger partial charge in [-0.2, -0.15) is 0 Å². The number of hydrogen-bond acceptors (Lipinski definition) is 10. The first-order valence-corrected chi connectivity index (χ1v) is 16.7. The molecule has 2 saturated heterocycles. The number of aromatic nitrogens is 4. The molecule has 0 bridgehead atoms. The molecule has 2 aromatic carbocycles. The van der Waals surface area contributed by atoms with E-state index in [2.05, 4.69) is 67.0 Å². The molecule has 0 spiro atoms. The number of nitrogens with one attached hydrogen (secondary N) is 3. The molecule has 2 aliphatic rings. The van der Waals surface area contributed by atoms with E-state index in [-0.39, 0.29) is 17.4 Å². The Morgan fingerprint density at radius 3 is 2.27 bits per heavy atom. The smallest absolute Gasteiger partial charge is 0.289 e. The number of rotatable bonds is 12. The van der Waals surface area contributed by atoms with Crippen LogP contribution in [0.15, 0.2) is 67.0 Å². The summed E-state index contributed by atoms with van der Waals surface area (Å²) in [5.74, 6) is -0.0628. The lowest BCUT2D eigenvalue weighted by atomic mass is 9.91. The second-order valence-corrected chi connectivity index (χ2v) is 12.6. The second kappa shape index (κ2) is 15.2. The van der Waals surface area contributed by atoms with Gasteiger partial charge < -0.3 is 35.8 Å². The molecule has 13 nitrogen and oxygen atoms in total. The Labute approximate surface area is 279 Å². The summed E-state index contributed by atoms with van der Waals surface area (Å²) in [5.41, 5.74) is 2.77. The molecule has 2 aromatic heterocycles. The fraction of sp³-hybridized carbons (Fsp3) is 0.457. The lowest BCUT2D eigenvalue weighted by molar-refractivity contribution is -0.137. The lowest BCUT2D eigenvalue weighted by Gasteiger charge is -2.30. The van der Waals surface area contributed by atoms with Gasteiger partial charge in [-0.3, -0.25) is 14.2 Å². The van der Waals surface area contributed by atoms with E-state index in [4.69, 9.17) is 4.74 Å². The summed E-state index contributed by atoms with van der Waals surface area (Å²) in [6.07, 6.45) is -1.70. The summed E-state index contributed by atoms with van der Waals surface area (Å²) in [4.78, 5) is 42.2. The Hall–Kier alpha value is -4.43. The van der Waals surface area contributed by atoms with Gasteiger partial charge in [0.15, 0.2) is 29.3 Å². The van der Waals surface area contributed by atoms with Gasteiger partial charge in [-0.05, 0) is 49.9 Å². The first-order valence-electron chi connectivity index (χ1n) is 16.7. The Morgan fingerprint density at radius 2 is 1.62 bits per heavy atom. The Morgan fingerprint density at radius 1 is 0.958 bits per heavy atom. The number of aliphatic hydroxyl groups excluding tert-OH is 2. The third-order valence-corrected chi connectivity index (χ3v) is 9.21. The van der Waals surface area contributed by atoms with E-state index < -0.39 is 36.4 Å². The van der Waals surface area contributed by atoms with Crippen LogP contribution in [0.3, 0.4) is 0 Å². The van der Waals surface area contributed by atoms with Crippen molar-refractivity contribution < 1.29 is 24.5 Å². The number of benzene rings is 2. The molecule has 0 radical (unpaired) electrons. The molecule has 254 valence electrons. The SMILES string of the molecule is CCNC(=O)[C@H]1O[C@@H](n2cnc3c(NCC(c4ccccc4)c4ccccc4)nc(C(=O)NCCN4CCC(C)CC4)nc32)[C@@H](O)[C@@H]1O. The van der Waals surface area contributed by atoms with Gasteiger partial charge in [0.25, 0.3) is 11.8 Å². The summed E-state index contributed by atoms with van der Waals surface area (Å²) in [6.45, 7) is 7.95. The maximum Gasteiger partial charge on any atom is 0.289 e. The van der Waals surface area contributed by atoms with Crippen LogP contribution in [-0.2, 0) is 9.53 Å². The van der Waals surface area contributed by atoms with Crippen LogP contribution < -0.4 is 16.0 Å². The van der Waals surface area contributed by atoms with Crippen LogP contribution >= 0.6 is 0 Å². The number of piperidine rings is 1. The van der Waals surface area contributed by atoms with Crippen LogP contribution in [0.5, 0.6) is 0 Å². The summed E-state index contributed by atoms with van der Waals surface area (Å²) < 4.78 is 7.31. The quantitative estimate of drug-likeness (QED) is 0.153. The molecule has 0 saturated carbocycles. The number of aliphatic hydroxyl groups is 2. The third kappa shape index (κ3) is 7.34. The molecule has 4 heterocycles. The molecule has 5 N–H and O–H groups in total. The van der Waals surface area contributed by atoms with Crippen molar-refractivity contribution in [3.8, 4) is 0 Å². The maximum absolute atomic E-state index is 13.5. The van der Waals surface area contributed by atoms with Gasteiger partial charge >= 0.3 is 0 Å². The van der Waals surface area contributed by atoms with Gasteiger partial charge in [0.05, 0.1) is 6.33 Å². The van der Waals surface area contributed by atoms with Crippen molar-refractivity contribution >= 4 is 28.8 Å². The van der Waals surface area contributed by atoms with Gasteiger partial charge in [-0.25, -0.2) is 15.0 Å². The van der Waals surface area contributed by atoms with Crippen molar-refractivity contribution in [2.75, 3.05) is 44.6 Å². The van der Waals surface area contributed by atoms with Crippen molar-refractivity contribution in [2.24, 2.45) is 5.92 Å². The topological polar surface area (TPSA) is 167 Å². The first-order chi connectivity index (χ1) is 23.3. The summed E-state index contributed by atoms with van der Waals surface area (Å²) in [6, 6.07) is 20.2. The van der Waals surface area contributed by atoms with Crippen LogP contribution in [0.1, 0.15) is 60.6 Å². The van der Waals surface area contributed by atoms with E-state index in [9.17, 15) is 19.8 Å². The number of hydrogen-bond donors (Lipinski definition) is 5. The van der Waals surface area contributed by atoms with E-state index >= 15 is 0 Å². The zero-order valence-corrected chi connectivity index (χ0v) is 27.3. The zero-order chi connectivity index (χ0) is 33.6. The number of imidazole rings is 1. The number of carbonyl (C=O) groups is 2. The van der Waals surface area contributed by atoms with Crippen molar-refractivity contribution in [3.05, 3.63) is 83.9 Å². The van der Waals surface area contributed by atoms with Crippen molar-refractivity contribution in [1.82, 2.24) is 35.1 Å². The highest BCUT2D eigenvalue weighted by Crippen LogP contribution is 2.33. The average Bonchev–Trinajstić information content (AvgIpc) is 3.66. The molecule has 48 heavy (non-hydrogen) atoms. The van der Waals surface area contributed by atoms with Gasteiger partial charge in [-0.1, -0.05) is 67.6 Å². The van der Waals surface area contributed by atoms with E-state index in [1.165, 1.54) is 10.9 Å². The number of anilines is 1. The van der Waals surface area contributed by atoms with Gasteiger partial charge in [0.2, 0.25) is 5.82 Å².